The molecule has 0 atom stereocenters. The van der Waals surface area contributed by atoms with Crippen LogP contribution in [0.5, 0.6) is 0 Å². The SMILES string of the molecule is Cc1sc(=O)n(CCC(=O)O)c1-c1ccc(Br)cc1. The van der Waals surface area contributed by atoms with Crippen molar-refractivity contribution in [2.45, 2.75) is 19.9 Å². The molecule has 1 heterocycles. The summed E-state index contributed by atoms with van der Waals surface area (Å²) < 4.78 is 2.50. The minimum atomic E-state index is -0.905. The Labute approximate surface area is 122 Å². The molecular weight excluding hydrogens is 330 g/mol. The van der Waals surface area contributed by atoms with Crippen molar-refractivity contribution in [1.29, 1.82) is 0 Å². The molecule has 0 saturated heterocycles. The van der Waals surface area contributed by atoms with Crippen LogP contribution in [0, 0.1) is 6.92 Å². The van der Waals surface area contributed by atoms with Gasteiger partial charge in [0.1, 0.15) is 0 Å². The Balaban J connectivity index is 2.47. The minimum absolute atomic E-state index is 0.0559. The zero-order chi connectivity index (χ0) is 14.0. The molecule has 0 unspecified atom stereocenters. The van der Waals surface area contributed by atoms with Crippen molar-refractivity contribution < 1.29 is 9.90 Å². The number of aromatic nitrogens is 1. The van der Waals surface area contributed by atoms with Crippen molar-refractivity contribution in [3.63, 3.8) is 0 Å². The normalized spacial score (nSPS) is 10.6. The second-order valence-electron chi connectivity index (χ2n) is 4.08. The van der Waals surface area contributed by atoms with Crippen LogP contribution in [0.15, 0.2) is 33.5 Å². The first-order chi connectivity index (χ1) is 8.99. The number of rotatable bonds is 4. The highest BCUT2D eigenvalue weighted by molar-refractivity contribution is 9.10. The van der Waals surface area contributed by atoms with E-state index >= 15 is 0 Å². The van der Waals surface area contributed by atoms with E-state index in [9.17, 15) is 9.59 Å². The predicted molar refractivity (Wildman–Crippen MR) is 78.7 cm³/mol. The van der Waals surface area contributed by atoms with Gasteiger partial charge in [-0.05, 0) is 24.6 Å². The fourth-order valence-electron chi connectivity index (χ4n) is 1.89. The summed E-state index contributed by atoms with van der Waals surface area (Å²) in [5.41, 5.74) is 1.73. The molecule has 4 nitrogen and oxygen atoms in total. The maximum absolute atomic E-state index is 11.9. The molecule has 6 heteroatoms. The molecular formula is C13H12BrNO3S. The maximum Gasteiger partial charge on any atom is 0.307 e. The van der Waals surface area contributed by atoms with Gasteiger partial charge in [0, 0.05) is 15.9 Å². The Kier molecular flexibility index (Phi) is 4.21. The molecule has 1 aromatic heterocycles. The average Bonchev–Trinajstić information content (AvgIpc) is 2.62. The molecule has 0 amide bonds. The molecule has 19 heavy (non-hydrogen) atoms. The third kappa shape index (κ3) is 3.13. The molecule has 0 spiro atoms. The highest BCUT2D eigenvalue weighted by Gasteiger charge is 2.14. The van der Waals surface area contributed by atoms with Crippen LogP contribution in [0.2, 0.25) is 0 Å². The van der Waals surface area contributed by atoms with Crippen LogP contribution >= 0.6 is 27.3 Å². The first-order valence-corrected chi connectivity index (χ1v) is 7.28. The number of carboxylic acids is 1. The lowest BCUT2D eigenvalue weighted by molar-refractivity contribution is -0.137. The van der Waals surface area contributed by atoms with E-state index in [1.807, 2.05) is 31.2 Å². The fourth-order valence-corrected chi connectivity index (χ4v) is 3.04. The van der Waals surface area contributed by atoms with Gasteiger partial charge in [0.25, 0.3) is 0 Å². The van der Waals surface area contributed by atoms with Crippen LogP contribution in [0.25, 0.3) is 11.3 Å². The summed E-state index contributed by atoms with van der Waals surface area (Å²) in [5.74, 6) is -0.905. The molecule has 2 rings (SSSR count). The van der Waals surface area contributed by atoms with Crippen LogP contribution in [-0.2, 0) is 11.3 Å². The number of benzene rings is 1. The van der Waals surface area contributed by atoms with Crippen LogP contribution in [-0.4, -0.2) is 15.6 Å². The third-order valence-electron chi connectivity index (χ3n) is 2.73. The lowest BCUT2D eigenvalue weighted by atomic mass is 10.1. The number of nitrogens with zero attached hydrogens (tertiary/aromatic N) is 1. The van der Waals surface area contributed by atoms with Gasteiger partial charge in [-0.3, -0.25) is 14.2 Å². The maximum atomic E-state index is 11.9. The molecule has 0 aliphatic rings. The monoisotopic (exact) mass is 341 g/mol. The molecule has 100 valence electrons. The molecule has 0 saturated carbocycles. The smallest absolute Gasteiger partial charge is 0.307 e. The second-order valence-corrected chi connectivity index (χ2v) is 6.16. The van der Waals surface area contributed by atoms with E-state index in [1.54, 1.807) is 0 Å². The van der Waals surface area contributed by atoms with E-state index in [4.69, 9.17) is 5.11 Å². The Bertz CT molecular complexity index is 658. The Morgan fingerprint density at radius 3 is 2.58 bits per heavy atom. The third-order valence-corrected chi connectivity index (χ3v) is 4.15. The number of aryl methyl sites for hydroxylation is 1. The van der Waals surface area contributed by atoms with Crippen molar-refractivity contribution in [3.05, 3.63) is 43.3 Å². The van der Waals surface area contributed by atoms with E-state index in [0.717, 1.165) is 31.9 Å². The summed E-state index contributed by atoms with van der Waals surface area (Å²) >= 11 is 4.52. The van der Waals surface area contributed by atoms with E-state index in [0.29, 0.717) is 0 Å². The van der Waals surface area contributed by atoms with Crippen molar-refractivity contribution in [3.8, 4) is 11.3 Å². The number of thiazole rings is 1. The molecule has 1 N–H and O–H groups in total. The van der Waals surface area contributed by atoms with Gasteiger partial charge >= 0.3 is 10.8 Å². The van der Waals surface area contributed by atoms with Gasteiger partial charge in [-0.15, -0.1) is 0 Å². The topological polar surface area (TPSA) is 59.3 Å². The molecule has 0 bridgehead atoms. The van der Waals surface area contributed by atoms with Crippen LogP contribution < -0.4 is 4.87 Å². The summed E-state index contributed by atoms with van der Waals surface area (Å²) in [5, 5.41) is 8.75. The lowest BCUT2D eigenvalue weighted by Gasteiger charge is -2.08. The summed E-state index contributed by atoms with van der Waals surface area (Å²) in [6, 6.07) is 7.63. The van der Waals surface area contributed by atoms with E-state index in [1.165, 1.54) is 4.57 Å². The largest absolute Gasteiger partial charge is 0.481 e. The van der Waals surface area contributed by atoms with Gasteiger partial charge in [-0.1, -0.05) is 39.4 Å². The molecule has 0 aliphatic carbocycles. The molecule has 0 radical (unpaired) electrons. The van der Waals surface area contributed by atoms with Gasteiger partial charge < -0.3 is 5.11 Å². The van der Waals surface area contributed by atoms with Crippen LogP contribution in [0.4, 0.5) is 0 Å². The standard InChI is InChI=1S/C13H12BrNO3S/c1-8-12(9-2-4-10(14)5-3-9)15(13(18)19-8)7-6-11(16)17/h2-5H,6-7H2,1H3,(H,16,17). The van der Waals surface area contributed by atoms with Gasteiger partial charge in [0.2, 0.25) is 0 Å². The van der Waals surface area contributed by atoms with E-state index in [2.05, 4.69) is 15.9 Å². The zero-order valence-electron chi connectivity index (χ0n) is 10.2. The highest BCUT2D eigenvalue weighted by atomic mass is 79.9. The summed E-state index contributed by atoms with van der Waals surface area (Å²) in [7, 11) is 0. The van der Waals surface area contributed by atoms with Crippen LogP contribution in [0.3, 0.4) is 0 Å². The quantitative estimate of drug-likeness (QED) is 0.929. The second kappa shape index (κ2) is 5.71. The average molecular weight is 342 g/mol. The Morgan fingerprint density at radius 2 is 2.00 bits per heavy atom. The molecule has 1 aromatic carbocycles. The molecule has 0 fully saturated rings. The Hall–Kier alpha value is -1.40. The molecule has 2 aromatic rings. The number of hydrogen-bond donors (Lipinski definition) is 1. The summed E-state index contributed by atoms with van der Waals surface area (Å²) in [4.78, 5) is 23.3. The van der Waals surface area contributed by atoms with Crippen molar-refractivity contribution >= 4 is 33.2 Å². The number of carboxylic acid groups (broad SMARTS) is 1. The predicted octanol–water partition coefficient (Wildman–Crippen LogP) is 3.12. The van der Waals surface area contributed by atoms with Crippen molar-refractivity contribution in [2.24, 2.45) is 0 Å². The van der Waals surface area contributed by atoms with Gasteiger partial charge in [0.05, 0.1) is 12.1 Å². The van der Waals surface area contributed by atoms with Gasteiger partial charge in [0.15, 0.2) is 0 Å². The number of aliphatic carboxylic acids is 1. The van der Waals surface area contributed by atoms with Crippen molar-refractivity contribution in [2.75, 3.05) is 0 Å². The summed E-state index contributed by atoms with van der Waals surface area (Å²) in [6.07, 6.45) is -0.0559. The zero-order valence-corrected chi connectivity index (χ0v) is 12.6. The Morgan fingerprint density at radius 1 is 1.37 bits per heavy atom. The summed E-state index contributed by atoms with van der Waals surface area (Å²) in [6.45, 7) is 2.07. The van der Waals surface area contributed by atoms with Crippen molar-refractivity contribution in [1.82, 2.24) is 4.57 Å². The molecule has 0 aliphatic heterocycles. The fraction of sp³-hybridized carbons (Fsp3) is 0.231. The minimum Gasteiger partial charge on any atom is -0.481 e. The van der Waals surface area contributed by atoms with Gasteiger partial charge in [-0.25, -0.2) is 0 Å². The first-order valence-electron chi connectivity index (χ1n) is 5.67. The van der Waals surface area contributed by atoms with E-state index < -0.39 is 5.97 Å². The first kappa shape index (κ1) is 14.0. The number of hydrogen-bond acceptors (Lipinski definition) is 3. The van der Waals surface area contributed by atoms with Crippen LogP contribution in [0.1, 0.15) is 11.3 Å². The lowest BCUT2D eigenvalue weighted by Crippen LogP contribution is -2.16. The highest BCUT2D eigenvalue weighted by Crippen LogP contribution is 2.26. The van der Waals surface area contributed by atoms with Gasteiger partial charge in [-0.2, -0.15) is 0 Å². The number of carbonyl (C=O) groups is 1. The van der Waals surface area contributed by atoms with E-state index in [-0.39, 0.29) is 17.8 Å². The number of halogens is 1.